The molecule has 1 unspecified atom stereocenters. The first-order valence-corrected chi connectivity index (χ1v) is 7.21. The lowest BCUT2D eigenvalue weighted by atomic mass is 10.2. The van der Waals surface area contributed by atoms with Gasteiger partial charge in [0.1, 0.15) is 17.3 Å². The number of halogens is 1. The summed E-state index contributed by atoms with van der Waals surface area (Å²) in [5.74, 6) is 2.02. The smallest absolute Gasteiger partial charge is 0.137 e. The average Bonchev–Trinajstić information content (AvgIpc) is 2.27. The maximum absolute atomic E-state index is 6.02. The van der Waals surface area contributed by atoms with Gasteiger partial charge in [-0.25, -0.2) is 9.97 Å². The third kappa shape index (κ3) is 3.83. The average molecular weight is 260 g/mol. The van der Waals surface area contributed by atoms with Crippen LogP contribution in [0.2, 0.25) is 5.15 Å². The van der Waals surface area contributed by atoms with Gasteiger partial charge in [0.25, 0.3) is 0 Å². The number of nitrogens with one attached hydrogen (secondary N) is 1. The lowest BCUT2D eigenvalue weighted by Crippen LogP contribution is -2.18. The van der Waals surface area contributed by atoms with Gasteiger partial charge in [-0.05, 0) is 31.8 Å². The summed E-state index contributed by atoms with van der Waals surface area (Å²) < 4.78 is 0. The Morgan fingerprint density at radius 2 is 2.25 bits per heavy atom. The first kappa shape index (κ1) is 13.6. The molecule has 1 heterocycles. The molecular weight excluding hydrogens is 242 g/mol. The third-order valence-electron chi connectivity index (χ3n) is 2.38. The Hall–Kier alpha value is -0.480. The van der Waals surface area contributed by atoms with Gasteiger partial charge in [0.2, 0.25) is 0 Å². The molecule has 1 aromatic heterocycles. The summed E-state index contributed by atoms with van der Waals surface area (Å²) in [5.41, 5.74) is 1.00. The second-order valence-electron chi connectivity index (χ2n) is 3.67. The number of nitrogens with zero attached hydrogens (tertiary/aromatic N) is 2. The van der Waals surface area contributed by atoms with E-state index in [0.717, 1.165) is 30.0 Å². The Bertz CT molecular complexity index is 333. The van der Waals surface area contributed by atoms with Crippen molar-refractivity contribution in [3.8, 4) is 0 Å². The van der Waals surface area contributed by atoms with Gasteiger partial charge >= 0.3 is 0 Å². The fourth-order valence-electron chi connectivity index (χ4n) is 1.43. The van der Waals surface area contributed by atoms with Gasteiger partial charge in [-0.3, -0.25) is 0 Å². The van der Waals surface area contributed by atoms with Crippen molar-refractivity contribution in [3.05, 3.63) is 17.0 Å². The number of anilines is 1. The molecule has 0 amide bonds. The van der Waals surface area contributed by atoms with Crippen LogP contribution in [0.15, 0.2) is 6.33 Å². The standard InChI is InChI=1S/C11H18ClN3S/c1-4-9-10(12)13-7-14-11(9)15-8(2)5-6-16-3/h7-8H,4-6H2,1-3H3,(H,13,14,15). The van der Waals surface area contributed by atoms with Crippen LogP contribution in [0.3, 0.4) is 0 Å². The Labute approximate surface area is 106 Å². The second kappa shape index (κ2) is 6.97. The molecule has 0 radical (unpaired) electrons. The topological polar surface area (TPSA) is 37.8 Å². The van der Waals surface area contributed by atoms with Gasteiger partial charge in [0, 0.05) is 11.6 Å². The Morgan fingerprint density at radius 1 is 1.50 bits per heavy atom. The van der Waals surface area contributed by atoms with Gasteiger partial charge < -0.3 is 5.32 Å². The predicted molar refractivity (Wildman–Crippen MR) is 72.5 cm³/mol. The van der Waals surface area contributed by atoms with E-state index in [4.69, 9.17) is 11.6 Å². The summed E-state index contributed by atoms with van der Waals surface area (Å²) in [6.07, 6.45) is 5.58. The summed E-state index contributed by atoms with van der Waals surface area (Å²) >= 11 is 7.88. The molecule has 16 heavy (non-hydrogen) atoms. The third-order valence-corrected chi connectivity index (χ3v) is 3.35. The molecule has 90 valence electrons. The van der Waals surface area contributed by atoms with Crippen LogP contribution in [0.5, 0.6) is 0 Å². The van der Waals surface area contributed by atoms with E-state index in [2.05, 4.69) is 35.4 Å². The molecule has 1 aromatic rings. The molecule has 0 saturated heterocycles. The minimum absolute atomic E-state index is 0.406. The largest absolute Gasteiger partial charge is 0.367 e. The van der Waals surface area contributed by atoms with Crippen molar-refractivity contribution in [2.45, 2.75) is 32.7 Å². The zero-order valence-electron chi connectivity index (χ0n) is 9.96. The van der Waals surface area contributed by atoms with Crippen molar-refractivity contribution < 1.29 is 0 Å². The highest BCUT2D eigenvalue weighted by molar-refractivity contribution is 7.98. The van der Waals surface area contributed by atoms with Crippen molar-refractivity contribution in [2.24, 2.45) is 0 Å². The Balaban J connectivity index is 2.69. The SMILES string of the molecule is CCc1c(Cl)ncnc1NC(C)CCSC. The summed E-state index contributed by atoms with van der Waals surface area (Å²) in [4.78, 5) is 8.24. The van der Waals surface area contributed by atoms with E-state index in [9.17, 15) is 0 Å². The maximum Gasteiger partial charge on any atom is 0.137 e. The number of hydrogen-bond donors (Lipinski definition) is 1. The van der Waals surface area contributed by atoms with E-state index in [1.807, 2.05) is 11.8 Å². The number of thioether (sulfide) groups is 1. The second-order valence-corrected chi connectivity index (χ2v) is 5.02. The molecule has 0 aliphatic heterocycles. The van der Waals surface area contributed by atoms with Crippen molar-refractivity contribution in [1.29, 1.82) is 0 Å². The highest BCUT2D eigenvalue weighted by Gasteiger charge is 2.10. The van der Waals surface area contributed by atoms with Gasteiger partial charge in [0.05, 0.1) is 0 Å². The molecule has 0 saturated carbocycles. The van der Waals surface area contributed by atoms with Crippen LogP contribution in [-0.2, 0) is 6.42 Å². The normalized spacial score (nSPS) is 12.5. The van der Waals surface area contributed by atoms with Crippen molar-refractivity contribution in [1.82, 2.24) is 9.97 Å². The van der Waals surface area contributed by atoms with E-state index in [0.29, 0.717) is 11.2 Å². The predicted octanol–water partition coefficient (Wildman–Crippen LogP) is 3.25. The van der Waals surface area contributed by atoms with Crippen LogP contribution in [0.1, 0.15) is 25.8 Å². The molecule has 5 heteroatoms. The summed E-state index contributed by atoms with van der Waals surface area (Å²) in [5, 5.41) is 3.94. The highest BCUT2D eigenvalue weighted by Crippen LogP contribution is 2.21. The minimum Gasteiger partial charge on any atom is -0.367 e. The van der Waals surface area contributed by atoms with Crippen LogP contribution >= 0.6 is 23.4 Å². The number of rotatable bonds is 6. The molecule has 1 N–H and O–H groups in total. The first-order valence-electron chi connectivity index (χ1n) is 5.43. The molecule has 0 aliphatic carbocycles. The zero-order valence-corrected chi connectivity index (χ0v) is 11.5. The lowest BCUT2D eigenvalue weighted by molar-refractivity contribution is 0.763. The van der Waals surface area contributed by atoms with Gasteiger partial charge in [0.15, 0.2) is 0 Å². The van der Waals surface area contributed by atoms with Crippen LogP contribution < -0.4 is 5.32 Å². The van der Waals surface area contributed by atoms with Crippen LogP contribution in [-0.4, -0.2) is 28.0 Å². The molecule has 0 bridgehead atoms. The van der Waals surface area contributed by atoms with E-state index in [1.165, 1.54) is 6.33 Å². The van der Waals surface area contributed by atoms with Gasteiger partial charge in [-0.15, -0.1) is 0 Å². The molecule has 1 rings (SSSR count). The fourth-order valence-corrected chi connectivity index (χ4v) is 2.28. The lowest BCUT2D eigenvalue weighted by Gasteiger charge is -2.16. The minimum atomic E-state index is 0.406. The van der Waals surface area contributed by atoms with E-state index < -0.39 is 0 Å². The van der Waals surface area contributed by atoms with E-state index >= 15 is 0 Å². The van der Waals surface area contributed by atoms with E-state index in [-0.39, 0.29) is 0 Å². The molecule has 0 spiro atoms. The van der Waals surface area contributed by atoms with Crippen molar-refractivity contribution in [3.63, 3.8) is 0 Å². The first-order chi connectivity index (χ1) is 7.69. The van der Waals surface area contributed by atoms with Crippen molar-refractivity contribution in [2.75, 3.05) is 17.3 Å². The molecule has 1 atom stereocenters. The summed E-state index contributed by atoms with van der Waals surface area (Å²) in [6, 6.07) is 0.406. The van der Waals surface area contributed by atoms with E-state index in [1.54, 1.807) is 0 Å². The van der Waals surface area contributed by atoms with Crippen LogP contribution in [0, 0.1) is 0 Å². The van der Waals surface area contributed by atoms with Gasteiger partial charge in [-0.2, -0.15) is 11.8 Å². The van der Waals surface area contributed by atoms with Crippen LogP contribution in [0.4, 0.5) is 5.82 Å². The number of hydrogen-bond acceptors (Lipinski definition) is 4. The molecule has 0 aromatic carbocycles. The molecule has 0 aliphatic rings. The van der Waals surface area contributed by atoms with Crippen molar-refractivity contribution >= 4 is 29.2 Å². The molecule has 3 nitrogen and oxygen atoms in total. The number of aromatic nitrogens is 2. The van der Waals surface area contributed by atoms with Gasteiger partial charge in [-0.1, -0.05) is 18.5 Å². The quantitative estimate of drug-likeness (QED) is 0.796. The fraction of sp³-hybridized carbons (Fsp3) is 0.636. The molecular formula is C11H18ClN3S. The molecule has 0 fully saturated rings. The summed E-state index contributed by atoms with van der Waals surface area (Å²) in [6.45, 7) is 4.22. The Kier molecular flexibility index (Phi) is 5.91. The maximum atomic E-state index is 6.02. The Morgan fingerprint density at radius 3 is 2.88 bits per heavy atom. The monoisotopic (exact) mass is 259 g/mol. The highest BCUT2D eigenvalue weighted by atomic mass is 35.5. The van der Waals surface area contributed by atoms with Crippen LogP contribution in [0.25, 0.3) is 0 Å². The zero-order chi connectivity index (χ0) is 12.0. The summed E-state index contributed by atoms with van der Waals surface area (Å²) in [7, 11) is 0.